The van der Waals surface area contributed by atoms with E-state index in [0.29, 0.717) is 6.42 Å². The van der Waals surface area contributed by atoms with E-state index in [1.54, 1.807) is 0 Å². The van der Waals surface area contributed by atoms with Crippen molar-refractivity contribution in [2.75, 3.05) is 0 Å². The Kier molecular flexibility index (Phi) is 45.3. The van der Waals surface area contributed by atoms with Gasteiger partial charge in [-0.25, -0.2) is 0 Å². The Labute approximate surface area is 335 Å². The van der Waals surface area contributed by atoms with Crippen molar-refractivity contribution >= 4 is 5.97 Å². The molecule has 0 aromatic heterocycles. The highest BCUT2D eigenvalue weighted by Crippen LogP contribution is 2.21. The van der Waals surface area contributed by atoms with Crippen LogP contribution in [0.5, 0.6) is 0 Å². The Hall–Kier alpha value is -0.570. The molecule has 0 aromatic carbocycles. The average molecular weight is 749 g/mol. The zero-order valence-electron chi connectivity index (χ0n) is 37.0. The predicted molar refractivity (Wildman–Crippen MR) is 236 cm³/mol. The van der Waals surface area contributed by atoms with Gasteiger partial charge in [0.2, 0.25) is 0 Å². The maximum absolute atomic E-state index is 12.9. The van der Waals surface area contributed by atoms with Gasteiger partial charge in [-0.15, -0.1) is 0 Å². The highest BCUT2D eigenvalue weighted by Gasteiger charge is 2.22. The van der Waals surface area contributed by atoms with Crippen molar-refractivity contribution in [3.05, 3.63) is 0 Å². The lowest BCUT2D eigenvalue weighted by molar-refractivity contribution is -0.156. The number of unbranched alkanes of at least 4 members (excludes halogenated alkanes) is 38. The summed E-state index contributed by atoms with van der Waals surface area (Å²) >= 11 is 0. The average Bonchev–Trinajstić information content (AvgIpc) is 3.16. The molecule has 0 amide bonds. The fourth-order valence-electron chi connectivity index (χ4n) is 8.12. The molecule has 0 bridgehead atoms. The van der Waals surface area contributed by atoms with E-state index in [4.69, 9.17) is 4.74 Å². The highest BCUT2D eigenvalue weighted by molar-refractivity contribution is 5.69. The van der Waals surface area contributed by atoms with Gasteiger partial charge in [0, 0.05) is 6.42 Å². The molecule has 0 spiro atoms. The topological polar surface area (TPSA) is 46.5 Å². The van der Waals surface area contributed by atoms with Crippen LogP contribution in [0.2, 0.25) is 0 Å². The van der Waals surface area contributed by atoms with Gasteiger partial charge in [0.05, 0.1) is 6.10 Å². The summed E-state index contributed by atoms with van der Waals surface area (Å²) in [5.74, 6) is -0.0805. The minimum Gasteiger partial charge on any atom is -0.460 e. The van der Waals surface area contributed by atoms with Crippen LogP contribution < -0.4 is 0 Å². The Balaban J connectivity index is 4.08. The number of carbonyl (C=O) groups is 1. The number of ether oxygens (including phenoxy) is 1. The molecule has 0 heterocycles. The first-order chi connectivity index (χ1) is 26.2. The van der Waals surface area contributed by atoms with Gasteiger partial charge in [0.15, 0.2) is 0 Å². The summed E-state index contributed by atoms with van der Waals surface area (Å²) in [4.78, 5) is 12.9. The van der Waals surface area contributed by atoms with Crippen LogP contribution in [-0.2, 0) is 9.53 Å². The Bertz CT molecular complexity index is 678. The molecule has 2 unspecified atom stereocenters. The number of rotatable bonds is 46. The van der Waals surface area contributed by atoms with E-state index in [0.717, 1.165) is 38.5 Å². The number of aliphatic hydroxyl groups excluding tert-OH is 1. The molecule has 0 saturated heterocycles. The van der Waals surface area contributed by atoms with E-state index in [1.165, 1.54) is 238 Å². The summed E-state index contributed by atoms with van der Waals surface area (Å²) in [6.07, 6.45) is 56.1. The van der Waals surface area contributed by atoms with Crippen molar-refractivity contribution in [1.29, 1.82) is 0 Å². The molecule has 0 aliphatic carbocycles. The summed E-state index contributed by atoms with van der Waals surface area (Å²) in [6.45, 7) is 6.86. The zero-order valence-corrected chi connectivity index (χ0v) is 37.0. The van der Waals surface area contributed by atoms with Crippen LogP contribution in [0, 0.1) is 0 Å². The van der Waals surface area contributed by atoms with Crippen molar-refractivity contribution in [2.24, 2.45) is 0 Å². The largest absolute Gasteiger partial charge is 0.460 e. The lowest BCUT2D eigenvalue weighted by Crippen LogP contribution is -2.31. The number of esters is 1. The van der Waals surface area contributed by atoms with E-state index < -0.39 is 6.10 Å². The van der Waals surface area contributed by atoms with Gasteiger partial charge in [-0.1, -0.05) is 271 Å². The predicted octanol–water partition coefficient (Wildman–Crippen LogP) is 17.5. The summed E-state index contributed by atoms with van der Waals surface area (Å²) in [5.41, 5.74) is 0. The molecule has 1 N–H and O–H groups in total. The number of hydrogen-bond donors (Lipinski definition) is 1. The van der Waals surface area contributed by atoms with Gasteiger partial charge in [0.25, 0.3) is 0 Å². The quantitative estimate of drug-likeness (QED) is 0.0498. The first-order valence-corrected chi connectivity index (χ1v) is 25.0. The summed E-state index contributed by atoms with van der Waals surface area (Å²) in [5, 5.41) is 11.1. The lowest BCUT2D eigenvalue weighted by atomic mass is 9.99. The third kappa shape index (κ3) is 42.4. The summed E-state index contributed by atoms with van der Waals surface area (Å²) in [6, 6.07) is 0. The molecule has 3 heteroatoms. The number of hydrogen-bond acceptors (Lipinski definition) is 3. The second kappa shape index (κ2) is 45.8. The van der Waals surface area contributed by atoms with Crippen molar-refractivity contribution in [2.45, 2.75) is 315 Å². The van der Waals surface area contributed by atoms with Crippen LogP contribution in [0.3, 0.4) is 0 Å². The standard InChI is InChI=1S/C50H100O3/c1-4-7-10-13-16-19-22-23-24-25-26-27-28-29-32-35-38-41-44-47-50(52)53-49(46-43-40-37-34-31-21-18-15-12-9-6-3)48(51)45-42-39-36-33-30-20-17-14-11-8-5-2/h48-49,51H,4-47H2,1-3H3. The van der Waals surface area contributed by atoms with E-state index >= 15 is 0 Å². The van der Waals surface area contributed by atoms with Crippen molar-refractivity contribution in [1.82, 2.24) is 0 Å². The second-order valence-corrected chi connectivity index (χ2v) is 17.4. The van der Waals surface area contributed by atoms with E-state index in [2.05, 4.69) is 20.8 Å². The fourth-order valence-corrected chi connectivity index (χ4v) is 8.12. The maximum atomic E-state index is 12.9. The van der Waals surface area contributed by atoms with Gasteiger partial charge in [-0.2, -0.15) is 0 Å². The molecule has 0 fully saturated rings. The molecular weight excluding hydrogens is 649 g/mol. The van der Waals surface area contributed by atoms with Gasteiger partial charge in [-0.05, 0) is 25.7 Å². The minimum atomic E-state index is -0.509. The van der Waals surface area contributed by atoms with Crippen molar-refractivity contribution in [3.63, 3.8) is 0 Å². The van der Waals surface area contributed by atoms with Crippen LogP contribution in [0.1, 0.15) is 303 Å². The Morgan fingerprint density at radius 1 is 0.340 bits per heavy atom. The molecule has 53 heavy (non-hydrogen) atoms. The highest BCUT2D eigenvalue weighted by atomic mass is 16.6. The molecule has 318 valence electrons. The van der Waals surface area contributed by atoms with Gasteiger partial charge < -0.3 is 9.84 Å². The maximum Gasteiger partial charge on any atom is 0.306 e. The monoisotopic (exact) mass is 749 g/mol. The Morgan fingerprint density at radius 3 is 0.849 bits per heavy atom. The van der Waals surface area contributed by atoms with E-state index in [1.807, 2.05) is 0 Å². The molecule has 0 radical (unpaired) electrons. The van der Waals surface area contributed by atoms with Crippen LogP contribution in [0.25, 0.3) is 0 Å². The van der Waals surface area contributed by atoms with Crippen molar-refractivity contribution in [3.8, 4) is 0 Å². The third-order valence-corrected chi connectivity index (χ3v) is 11.9. The minimum absolute atomic E-state index is 0.0805. The second-order valence-electron chi connectivity index (χ2n) is 17.4. The van der Waals surface area contributed by atoms with Crippen LogP contribution in [0.15, 0.2) is 0 Å². The summed E-state index contributed by atoms with van der Waals surface area (Å²) in [7, 11) is 0. The molecular formula is C50H100O3. The first kappa shape index (κ1) is 52.4. The van der Waals surface area contributed by atoms with Gasteiger partial charge >= 0.3 is 5.97 Å². The van der Waals surface area contributed by atoms with Crippen LogP contribution in [0.4, 0.5) is 0 Å². The SMILES string of the molecule is CCCCCCCCCCCCCCCCCCCCCC(=O)OC(CCCCCCCCCCCCC)C(O)CCCCCCCCCCCCC. The molecule has 0 aliphatic heterocycles. The number of aliphatic hydroxyl groups is 1. The van der Waals surface area contributed by atoms with E-state index in [9.17, 15) is 9.90 Å². The number of carbonyl (C=O) groups excluding carboxylic acids is 1. The van der Waals surface area contributed by atoms with Crippen LogP contribution >= 0.6 is 0 Å². The van der Waals surface area contributed by atoms with Crippen LogP contribution in [-0.4, -0.2) is 23.3 Å². The normalized spacial score (nSPS) is 12.8. The lowest BCUT2D eigenvalue weighted by Gasteiger charge is -2.23. The Morgan fingerprint density at radius 2 is 0.566 bits per heavy atom. The van der Waals surface area contributed by atoms with Crippen molar-refractivity contribution < 1.29 is 14.6 Å². The molecule has 0 rings (SSSR count). The molecule has 0 aliphatic rings. The smallest absolute Gasteiger partial charge is 0.306 e. The van der Waals surface area contributed by atoms with Gasteiger partial charge in [0.1, 0.15) is 6.10 Å². The summed E-state index contributed by atoms with van der Waals surface area (Å²) < 4.78 is 6.00. The zero-order chi connectivity index (χ0) is 38.6. The third-order valence-electron chi connectivity index (χ3n) is 11.9. The molecule has 0 aromatic rings. The molecule has 2 atom stereocenters. The fraction of sp³-hybridized carbons (Fsp3) is 0.980. The first-order valence-electron chi connectivity index (χ1n) is 25.0. The van der Waals surface area contributed by atoms with E-state index in [-0.39, 0.29) is 12.1 Å². The molecule has 3 nitrogen and oxygen atoms in total. The molecule has 0 saturated carbocycles. The van der Waals surface area contributed by atoms with Gasteiger partial charge in [-0.3, -0.25) is 4.79 Å².